The van der Waals surface area contributed by atoms with Gasteiger partial charge in [0.15, 0.2) is 23.2 Å². The van der Waals surface area contributed by atoms with Crippen LogP contribution in [0.5, 0.6) is 11.8 Å². The smallest absolute Gasteiger partial charge is 0.316 e. The number of hydrogen-bond donors (Lipinski definition) is 0. The molecule has 0 bridgehead atoms. The predicted octanol–water partition coefficient (Wildman–Crippen LogP) is 8.51. The van der Waals surface area contributed by atoms with Gasteiger partial charge in [0.2, 0.25) is 5.82 Å². The fourth-order valence-corrected chi connectivity index (χ4v) is 4.17. The summed E-state index contributed by atoms with van der Waals surface area (Å²) in [7, 11) is 0. The summed E-state index contributed by atoms with van der Waals surface area (Å²) in [5, 5.41) is 0. The van der Waals surface area contributed by atoms with Crippen LogP contribution in [-0.4, -0.2) is 23.2 Å². The molecule has 1 heterocycles. The number of rotatable bonds is 13. The Hall–Kier alpha value is -3.94. The van der Waals surface area contributed by atoms with E-state index in [2.05, 4.69) is 9.97 Å². The molecule has 0 N–H and O–H groups in total. The molecule has 40 heavy (non-hydrogen) atoms. The molecule has 3 aromatic carbocycles. The molecule has 0 aliphatic rings. The van der Waals surface area contributed by atoms with Gasteiger partial charge in [0, 0.05) is 29.1 Å². The highest BCUT2D eigenvalue weighted by Gasteiger charge is 2.17. The molecule has 0 aliphatic carbocycles. The van der Waals surface area contributed by atoms with Gasteiger partial charge in [0.1, 0.15) is 0 Å². The monoisotopic (exact) mass is 552 g/mol. The molecule has 1 aromatic heterocycles. The Morgan fingerprint density at radius 3 is 1.88 bits per heavy atom. The average molecular weight is 553 g/mol. The number of nitrogens with zero attached hydrogens (tertiary/aromatic N) is 2. The second-order valence-electron chi connectivity index (χ2n) is 9.49. The van der Waals surface area contributed by atoms with E-state index in [1.807, 2.05) is 13.8 Å². The number of halogens is 4. The summed E-state index contributed by atoms with van der Waals surface area (Å²) in [6, 6.07) is 13.1. The molecule has 0 radical (unpaired) electrons. The number of unbranched alkanes of at least 4 members (excludes halogenated alkanes) is 2. The van der Waals surface area contributed by atoms with E-state index >= 15 is 0 Å². The van der Waals surface area contributed by atoms with E-state index in [1.165, 1.54) is 30.6 Å². The molecule has 0 atom stereocenters. The van der Waals surface area contributed by atoms with Gasteiger partial charge in [0.25, 0.3) is 0 Å². The first-order valence-electron chi connectivity index (χ1n) is 13.5. The molecular weight excluding hydrogens is 520 g/mol. The molecule has 0 saturated carbocycles. The van der Waals surface area contributed by atoms with Crippen LogP contribution in [0.2, 0.25) is 0 Å². The van der Waals surface area contributed by atoms with Gasteiger partial charge in [-0.3, -0.25) is 0 Å². The highest BCUT2D eigenvalue weighted by molar-refractivity contribution is 5.66. The highest BCUT2D eigenvalue weighted by Crippen LogP contribution is 2.31. The van der Waals surface area contributed by atoms with E-state index in [1.54, 1.807) is 30.3 Å². The van der Waals surface area contributed by atoms with Crippen LogP contribution < -0.4 is 9.47 Å². The molecular formula is C32H32F4N2O2. The Labute approximate surface area is 232 Å². The maximum Gasteiger partial charge on any atom is 0.316 e. The maximum atomic E-state index is 14.9. The first-order chi connectivity index (χ1) is 19.4. The topological polar surface area (TPSA) is 44.2 Å². The zero-order valence-corrected chi connectivity index (χ0v) is 22.7. The number of aromatic nitrogens is 2. The number of aryl methyl sites for hydroxylation is 2. The van der Waals surface area contributed by atoms with Crippen molar-refractivity contribution in [3.8, 4) is 34.0 Å². The summed E-state index contributed by atoms with van der Waals surface area (Å²) in [6.45, 7) is 4.85. The molecule has 210 valence electrons. The predicted molar refractivity (Wildman–Crippen MR) is 147 cm³/mol. The third-order valence-electron chi connectivity index (χ3n) is 6.58. The van der Waals surface area contributed by atoms with E-state index in [4.69, 9.17) is 9.47 Å². The van der Waals surface area contributed by atoms with Gasteiger partial charge in [0.05, 0.1) is 13.2 Å². The minimum atomic E-state index is -1.01. The maximum absolute atomic E-state index is 14.9. The van der Waals surface area contributed by atoms with Gasteiger partial charge in [-0.05, 0) is 54.5 Å². The van der Waals surface area contributed by atoms with E-state index in [9.17, 15) is 17.6 Å². The number of benzene rings is 3. The summed E-state index contributed by atoms with van der Waals surface area (Å²) in [5.74, 6) is -3.97. The van der Waals surface area contributed by atoms with E-state index in [0.717, 1.165) is 31.2 Å². The Morgan fingerprint density at radius 1 is 0.600 bits per heavy atom. The SMILES string of the molecule is CCCCOc1ncc(-c2ccc(CCc3ccc(-c4ccc(OCCCC)c(F)c4F)cc3)c(F)c2F)cn1. The van der Waals surface area contributed by atoms with Crippen LogP contribution in [0.1, 0.15) is 50.7 Å². The van der Waals surface area contributed by atoms with E-state index in [0.29, 0.717) is 30.8 Å². The van der Waals surface area contributed by atoms with Crippen molar-refractivity contribution in [2.24, 2.45) is 0 Å². The van der Waals surface area contributed by atoms with Crippen LogP contribution in [0.15, 0.2) is 60.9 Å². The molecule has 4 aromatic rings. The first-order valence-corrected chi connectivity index (χ1v) is 13.5. The van der Waals surface area contributed by atoms with Crippen molar-refractivity contribution in [3.63, 3.8) is 0 Å². The van der Waals surface area contributed by atoms with Crippen LogP contribution >= 0.6 is 0 Å². The molecule has 0 aliphatic heterocycles. The second-order valence-corrected chi connectivity index (χ2v) is 9.49. The number of hydrogen-bond acceptors (Lipinski definition) is 4. The summed E-state index contributed by atoms with van der Waals surface area (Å²) in [5.41, 5.74) is 2.14. The van der Waals surface area contributed by atoms with E-state index < -0.39 is 23.3 Å². The third kappa shape index (κ3) is 6.97. The lowest BCUT2D eigenvalue weighted by atomic mass is 9.98. The average Bonchev–Trinajstić information content (AvgIpc) is 2.97. The van der Waals surface area contributed by atoms with Crippen molar-refractivity contribution >= 4 is 0 Å². The van der Waals surface area contributed by atoms with Crippen LogP contribution in [0, 0.1) is 23.3 Å². The lowest BCUT2D eigenvalue weighted by molar-refractivity contribution is 0.285. The minimum Gasteiger partial charge on any atom is -0.490 e. The van der Waals surface area contributed by atoms with Crippen molar-refractivity contribution in [1.82, 2.24) is 9.97 Å². The van der Waals surface area contributed by atoms with Crippen molar-refractivity contribution in [1.29, 1.82) is 0 Å². The van der Waals surface area contributed by atoms with Gasteiger partial charge < -0.3 is 9.47 Å². The quantitative estimate of drug-likeness (QED) is 0.123. The van der Waals surface area contributed by atoms with Crippen molar-refractivity contribution in [2.75, 3.05) is 13.2 Å². The Morgan fingerprint density at radius 2 is 1.20 bits per heavy atom. The fourth-order valence-electron chi connectivity index (χ4n) is 4.17. The van der Waals surface area contributed by atoms with Gasteiger partial charge in [-0.15, -0.1) is 0 Å². The minimum absolute atomic E-state index is 0.0711. The Kier molecular flexibility index (Phi) is 10.1. The van der Waals surface area contributed by atoms with E-state index in [-0.39, 0.29) is 34.9 Å². The van der Waals surface area contributed by atoms with Crippen LogP contribution in [0.25, 0.3) is 22.3 Å². The summed E-state index contributed by atoms with van der Waals surface area (Å²) in [6.07, 6.45) is 7.01. The highest BCUT2D eigenvalue weighted by atomic mass is 19.2. The molecule has 8 heteroatoms. The summed E-state index contributed by atoms with van der Waals surface area (Å²) in [4.78, 5) is 8.16. The van der Waals surface area contributed by atoms with Crippen LogP contribution in [0.4, 0.5) is 17.6 Å². The number of ether oxygens (including phenoxy) is 2. The van der Waals surface area contributed by atoms with Gasteiger partial charge in [-0.25, -0.2) is 23.1 Å². The lowest BCUT2D eigenvalue weighted by Gasteiger charge is -2.11. The first kappa shape index (κ1) is 29.1. The molecule has 0 unspecified atom stereocenters. The molecule has 0 fully saturated rings. The summed E-state index contributed by atoms with van der Waals surface area (Å²) < 4.78 is 69.7. The molecule has 4 nitrogen and oxygen atoms in total. The lowest BCUT2D eigenvalue weighted by Crippen LogP contribution is -2.02. The van der Waals surface area contributed by atoms with Crippen LogP contribution in [-0.2, 0) is 12.8 Å². The molecule has 0 amide bonds. The largest absolute Gasteiger partial charge is 0.490 e. The Bertz CT molecular complexity index is 1410. The zero-order valence-electron chi connectivity index (χ0n) is 22.7. The molecule has 0 saturated heterocycles. The van der Waals surface area contributed by atoms with Gasteiger partial charge >= 0.3 is 6.01 Å². The zero-order chi connectivity index (χ0) is 28.5. The van der Waals surface area contributed by atoms with Crippen molar-refractivity contribution in [3.05, 3.63) is 95.3 Å². The van der Waals surface area contributed by atoms with Gasteiger partial charge in [-0.1, -0.05) is 63.1 Å². The van der Waals surface area contributed by atoms with Crippen LogP contribution in [0.3, 0.4) is 0 Å². The third-order valence-corrected chi connectivity index (χ3v) is 6.58. The van der Waals surface area contributed by atoms with Crippen molar-refractivity contribution in [2.45, 2.75) is 52.4 Å². The van der Waals surface area contributed by atoms with Gasteiger partial charge in [-0.2, -0.15) is 4.39 Å². The molecule has 4 rings (SSSR count). The fraction of sp³-hybridized carbons (Fsp3) is 0.312. The standard InChI is InChI=1S/C32H32F4N2O2/c1-3-5-17-39-27-16-15-25(30(35)31(27)36)22-10-7-21(8-11-22)9-12-23-13-14-26(29(34)28(23)33)24-19-37-32(38-20-24)40-18-6-4-2/h7-8,10-11,13-16,19-20H,3-6,9,12,17-18H2,1-2H3. The summed E-state index contributed by atoms with van der Waals surface area (Å²) >= 11 is 0. The molecule has 0 spiro atoms. The normalized spacial score (nSPS) is 11.1. The Balaban J connectivity index is 1.40. The second kappa shape index (κ2) is 13.9. The van der Waals surface area contributed by atoms with Crippen molar-refractivity contribution < 1.29 is 27.0 Å².